The summed E-state index contributed by atoms with van der Waals surface area (Å²) in [7, 11) is 1.59. The highest BCUT2D eigenvalue weighted by molar-refractivity contribution is 7.22. The van der Waals surface area contributed by atoms with Gasteiger partial charge in [0, 0.05) is 18.0 Å². The lowest BCUT2D eigenvalue weighted by Crippen LogP contribution is -2.29. The topological polar surface area (TPSA) is 102 Å². The molecule has 0 bridgehead atoms. The predicted molar refractivity (Wildman–Crippen MR) is 147 cm³/mol. The fraction of sp³-hybridized carbons (Fsp3) is 0.241. The molecule has 1 N–H and O–H groups in total. The monoisotopic (exact) mass is 529 g/mol. The number of hydrogen-bond acceptors (Lipinski definition) is 8. The minimum absolute atomic E-state index is 0.0165. The molecule has 9 heteroatoms. The largest absolute Gasteiger partial charge is 0.507 e. The van der Waals surface area contributed by atoms with Crippen LogP contribution < -0.4 is 14.4 Å². The number of nitrogens with zero attached hydrogens (tertiary/aromatic N) is 3. The quantitative estimate of drug-likeness (QED) is 0.182. The highest BCUT2D eigenvalue weighted by Crippen LogP contribution is 2.45. The van der Waals surface area contributed by atoms with Crippen molar-refractivity contribution in [1.29, 1.82) is 0 Å². The zero-order valence-corrected chi connectivity index (χ0v) is 22.3. The van der Waals surface area contributed by atoms with Crippen LogP contribution in [-0.2, 0) is 9.59 Å². The van der Waals surface area contributed by atoms with E-state index < -0.39 is 17.7 Å². The lowest BCUT2D eigenvalue weighted by atomic mass is 9.94. The number of ketones is 1. The zero-order chi connectivity index (χ0) is 27.0. The fourth-order valence-electron chi connectivity index (χ4n) is 4.62. The van der Waals surface area contributed by atoms with Gasteiger partial charge in [-0.25, -0.2) is 4.98 Å². The molecule has 1 amide bonds. The van der Waals surface area contributed by atoms with Gasteiger partial charge in [0.05, 0.1) is 35.5 Å². The summed E-state index contributed by atoms with van der Waals surface area (Å²) in [5.41, 5.74) is 2.54. The van der Waals surface area contributed by atoms with E-state index in [0.717, 1.165) is 10.3 Å². The Hall–Kier alpha value is -4.24. The van der Waals surface area contributed by atoms with Gasteiger partial charge in [0.2, 0.25) is 0 Å². The molecule has 194 valence electrons. The maximum absolute atomic E-state index is 13.5. The third-order valence-electron chi connectivity index (χ3n) is 6.44. The van der Waals surface area contributed by atoms with Crippen molar-refractivity contribution >= 4 is 44.1 Å². The zero-order valence-electron chi connectivity index (χ0n) is 21.5. The number of fused-ring (bicyclic) bond motifs is 1. The van der Waals surface area contributed by atoms with Crippen molar-refractivity contribution in [3.63, 3.8) is 0 Å². The summed E-state index contributed by atoms with van der Waals surface area (Å²) in [5.74, 6) is -0.319. The Kier molecular flexibility index (Phi) is 6.86. The molecule has 0 saturated carbocycles. The molecule has 3 heterocycles. The summed E-state index contributed by atoms with van der Waals surface area (Å²) < 4.78 is 11.9. The van der Waals surface area contributed by atoms with E-state index in [1.165, 1.54) is 16.2 Å². The molecule has 4 aromatic rings. The number of carbonyl (C=O) groups is 2. The number of aliphatic hydroxyl groups is 1. The molecule has 0 spiro atoms. The molecule has 1 aliphatic heterocycles. The Morgan fingerprint density at radius 1 is 1.16 bits per heavy atom. The van der Waals surface area contributed by atoms with Crippen LogP contribution in [0.3, 0.4) is 0 Å². The second kappa shape index (κ2) is 10.3. The van der Waals surface area contributed by atoms with Gasteiger partial charge in [0.25, 0.3) is 5.78 Å². The molecule has 1 saturated heterocycles. The van der Waals surface area contributed by atoms with Gasteiger partial charge in [-0.3, -0.25) is 19.5 Å². The number of amides is 1. The van der Waals surface area contributed by atoms with E-state index in [0.29, 0.717) is 39.9 Å². The number of aliphatic hydroxyl groups excluding tert-OH is 1. The van der Waals surface area contributed by atoms with Crippen LogP contribution in [0.5, 0.6) is 11.5 Å². The minimum Gasteiger partial charge on any atom is -0.507 e. The number of thiazole rings is 1. The molecule has 8 nitrogen and oxygen atoms in total. The van der Waals surface area contributed by atoms with Gasteiger partial charge in [-0.05, 0) is 66.4 Å². The molecule has 1 atom stereocenters. The van der Waals surface area contributed by atoms with E-state index in [9.17, 15) is 14.7 Å². The molecular formula is C29H27N3O5S. The number of anilines is 1. The van der Waals surface area contributed by atoms with E-state index >= 15 is 0 Å². The first-order valence-electron chi connectivity index (χ1n) is 12.3. The van der Waals surface area contributed by atoms with E-state index in [2.05, 4.69) is 9.97 Å². The Morgan fingerprint density at radius 3 is 2.66 bits per heavy atom. The van der Waals surface area contributed by atoms with Crippen molar-refractivity contribution in [1.82, 2.24) is 9.97 Å². The number of rotatable bonds is 7. The molecule has 5 rings (SSSR count). The molecule has 0 radical (unpaired) electrons. The number of benzene rings is 2. The number of Topliss-reactive ketones (excluding diaryl/α,β-unsaturated/α-hetero) is 1. The maximum Gasteiger partial charge on any atom is 0.301 e. The maximum atomic E-state index is 13.5. The highest BCUT2D eigenvalue weighted by Gasteiger charge is 2.48. The second-order valence-electron chi connectivity index (χ2n) is 9.13. The Balaban J connectivity index is 1.68. The van der Waals surface area contributed by atoms with Crippen molar-refractivity contribution in [3.8, 4) is 11.5 Å². The lowest BCUT2D eigenvalue weighted by molar-refractivity contribution is -0.132. The first-order chi connectivity index (χ1) is 18.3. The number of carbonyl (C=O) groups excluding carboxylic acids is 2. The summed E-state index contributed by atoms with van der Waals surface area (Å²) in [6.07, 6.45) is 3.20. The number of ether oxygens (including phenoxy) is 2. The van der Waals surface area contributed by atoms with Gasteiger partial charge in [0.1, 0.15) is 17.3 Å². The average Bonchev–Trinajstić information content (AvgIpc) is 3.46. The molecule has 1 unspecified atom stereocenters. The van der Waals surface area contributed by atoms with Gasteiger partial charge >= 0.3 is 5.91 Å². The van der Waals surface area contributed by atoms with Gasteiger partial charge < -0.3 is 14.6 Å². The predicted octanol–water partition coefficient (Wildman–Crippen LogP) is 5.85. The van der Waals surface area contributed by atoms with E-state index in [4.69, 9.17) is 9.47 Å². The SMILES string of the molecule is CCOc1ccc2nc(N3C(=O)C(=O)/C(=C(/O)c4ccc(OC)c(C(C)C)c4)C3c3cccnc3)sc2c1. The molecular weight excluding hydrogens is 502 g/mol. The fourth-order valence-corrected chi connectivity index (χ4v) is 5.64. The van der Waals surface area contributed by atoms with Crippen LogP contribution in [0.1, 0.15) is 49.4 Å². The Morgan fingerprint density at radius 2 is 1.97 bits per heavy atom. The van der Waals surface area contributed by atoms with Crippen molar-refractivity contribution in [2.75, 3.05) is 18.6 Å². The van der Waals surface area contributed by atoms with Crippen LogP contribution in [0.15, 0.2) is 66.5 Å². The van der Waals surface area contributed by atoms with Crippen molar-refractivity contribution in [2.45, 2.75) is 32.7 Å². The van der Waals surface area contributed by atoms with Gasteiger partial charge in [-0.2, -0.15) is 0 Å². The molecule has 2 aromatic carbocycles. The lowest BCUT2D eigenvalue weighted by Gasteiger charge is -2.22. The minimum atomic E-state index is -0.903. The number of aromatic nitrogens is 2. The third kappa shape index (κ3) is 4.39. The van der Waals surface area contributed by atoms with E-state index in [1.807, 2.05) is 39.0 Å². The molecule has 38 heavy (non-hydrogen) atoms. The number of hydrogen-bond donors (Lipinski definition) is 1. The van der Waals surface area contributed by atoms with E-state index in [1.54, 1.807) is 49.8 Å². The summed E-state index contributed by atoms with van der Waals surface area (Å²) in [6.45, 7) is 6.46. The third-order valence-corrected chi connectivity index (χ3v) is 7.45. The Labute approximate surface area is 224 Å². The smallest absolute Gasteiger partial charge is 0.301 e. The van der Waals surface area contributed by atoms with Crippen molar-refractivity contribution in [3.05, 3.63) is 83.2 Å². The standard InChI is InChI=1S/C29H27N3O5S/c1-5-37-19-9-10-21-23(14-19)38-29(31-21)32-25(18-7-6-12-30-15-18)24(27(34)28(32)35)26(33)17-8-11-22(36-4)20(13-17)16(2)3/h6-16,25,33H,5H2,1-4H3/b26-24+. The second-order valence-corrected chi connectivity index (χ2v) is 10.1. The summed E-state index contributed by atoms with van der Waals surface area (Å²) in [4.78, 5) is 37.2. The van der Waals surface area contributed by atoms with Gasteiger partial charge in [0.15, 0.2) is 5.13 Å². The molecule has 1 aliphatic rings. The van der Waals surface area contributed by atoms with E-state index in [-0.39, 0.29) is 17.3 Å². The normalized spacial score (nSPS) is 17.0. The number of methoxy groups -OCH3 is 1. The van der Waals surface area contributed by atoms with Crippen LogP contribution in [-0.4, -0.2) is 40.5 Å². The van der Waals surface area contributed by atoms with Crippen LogP contribution in [0.2, 0.25) is 0 Å². The highest BCUT2D eigenvalue weighted by atomic mass is 32.1. The first-order valence-corrected chi connectivity index (χ1v) is 13.1. The summed E-state index contributed by atoms with van der Waals surface area (Å²) >= 11 is 1.28. The summed E-state index contributed by atoms with van der Waals surface area (Å²) in [5, 5.41) is 11.8. The average molecular weight is 530 g/mol. The van der Waals surface area contributed by atoms with Gasteiger partial charge in [-0.1, -0.05) is 31.3 Å². The summed E-state index contributed by atoms with van der Waals surface area (Å²) in [6, 6.07) is 13.3. The van der Waals surface area contributed by atoms with Crippen LogP contribution in [0.25, 0.3) is 16.0 Å². The van der Waals surface area contributed by atoms with Crippen molar-refractivity contribution in [2.24, 2.45) is 0 Å². The first kappa shape index (κ1) is 25.4. The van der Waals surface area contributed by atoms with Crippen molar-refractivity contribution < 1.29 is 24.2 Å². The van der Waals surface area contributed by atoms with Crippen LogP contribution >= 0.6 is 11.3 Å². The molecule has 0 aliphatic carbocycles. The van der Waals surface area contributed by atoms with Gasteiger partial charge in [-0.15, -0.1) is 0 Å². The number of pyridine rings is 1. The Bertz CT molecular complexity index is 1560. The molecule has 1 fully saturated rings. The molecule has 2 aromatic heterocycles. The van der Waals surface area contributed by atoms with Crippen LogP contribution in [0.4, 0.5) is 5.13 Å². The van der Waals surface area contributed by atoms with Crippen LogP contribution in [0, 0.1) is 0 Å².